The lowest BCUT2D eigenvalue weighted by atomic mass is 9.99. The van der Waals surface area contributed by atoms with Crippen molar-refractivity contribution < 1.29 is 13.5 Å². The Balaban J connectivity index is 2.16. The quantitative estimate of drug-likeness (QED) is 0.797. The van der Waals surface area contributed by atoms with Gasteiger partial charge >= 0.3 is 0 Å². The number of ether oxygens (including phenoxy) is 1. The van der Waals surface area contributed by atoms with Crippen LogP contribution in [0.2, 0.25) is 0 Å². The minimum absolute atomic E-state index is 0.00607. The lowest BCUT2D eigenvalue weighted by Gasteiger charge is -2.19. The molecule has 1 aromatic carbocycles. The predicted molar refractivity (Wildman–Crippen MR) is 69.1 cm³/mol. The molecular formula is C15H17FO2. The Kier molecular flexibility index (Phi) is 3.41. The van der Waals surface area contributed by atoms with Crippen LogP contribution in [0.5, 0.6) is 5.75 Å². The van der Waals surface area contributed by atoms with Gasteiger partial charge in [-0.3, -0.25) is 0 Å². The number of hydrogen-bond donors (Lipinski definition) is 0. The third kappa shape index (κ3) is 3.13. The molecule has 18 heavy (non-hydrogen) atoms. The molecule has 0 N–H and O–H groups in total. The Hall–Kier alpha value is -1.77. The molecule has 3 heteroatoms. The number of benzene rings is 1. The fraction of sp³-hybridized carbons (Fsp3) is 0.333. The van der Waals surface area contributed by atoms with E-state index in [4.69, 9.17) is 9.15 Å². The van der Waals surface area contributed by atoms with Crippen molar-refractivity contribution in [2.24, 2.45) is 5.41 Å². The van der Waals surface area contributed by atoms with E-state index in [9.17, 15) is 4.39 Å². The molecule has 2 rings (SSSR count). The van der Waals surface area contributed by atoms with Crippen LogP contribution >= 0.6 is 0 Å². The summed E-state index contributed by atoms with van der Waals surface area (Å²) in [7, 11) is 0. The van der Waals surface area contributed by atoms with E-state index < -0.39 is 0 Å². The van der Waals surface area contributed by atoms with Gasteiger partial charge in [-0.1, -0.05) is 20.8 Å². The second kappa shape index (κ2) is 4.84. The highest BCUT2D eigenvalue weighted by Gasteiger charge is 2.13. The molecule has 0 aliphatic rings. The van der Waals surface area contributed by atoms with Crippen LogP contribution in [-0.4, -0.2) is 6.61 Å². The summed E-state index contributed by atoms with van der Waals surface area (Å²) in [6, 6.07) is 8.43. The molecule has 0 saturated heterocycles. The molecular weight excluding hydrogens is 231 g/mol. The molecule has 2 nitrogen and oxygen atoms in total. The van der Waals surface area contributed by atoms with Crippen LogP contribution in [0.25, 0.3) is 11.3 Å². The Labute approximate surface area is 106 Å². The van der Waals surface area contributed by atoms with Gasteiger partial charge < -0.3 is 9.15 Å². The molecule has 0 aliphatic heterocycles. The zero-order valence-corrected chi connectivity index (χ0v) is 10.9. The van der Waals surface area contributed by atoms with Gasteiger partial charge in [0.2, 0.25) is 0 Å². The highest BCUT2D eigenvalue weighted by Crippen LogP contribution is 2.27. The molecule has 0 fully saturated rings. The molecule has 0 amide bonds. The predicted octanol–water partition coefficient (Wildman–Crippen LogP) is 4.51. The Morgan fingerprint density at radius 3 is 2.56 bits per heavy atom. The van der Waals surface area contributed by atoms with Gasteiger partial charge in [0, 0.05) is 5.56 Å². The summed E-state index contributed by atoms with van der Waals surface area (Å²) in [4.78, 5) is 0. The van der Waals surface area contributed by atoms with E-state index in [1.807, 2.05) is 20.8 Å². The number of rotatable bonds is 3. The van der Waals surface area contributed by atoms with Crippen LogP contribution in [0.3, 0.4) is 0 Å². The highest BCUT2D eigenvalue weighted by molar-refractivity contribution is 5.58. The molecule has 0 radical (unpaired) electrons. The minimum Gasteiger partial charge on any atom is -0.490 e. The summed E-state index contributed by atoms with van der Waals surface area (Å²) < 4.78 is 24.5. The zero-order chi connectivity index (χ0) is 13.2. The first kappa shape index (κ1) is 12.7. The molecule has 1 aromatic heterocycles. The second-order valence-corrected chi connectivity index (χ2v) is 5.47. The first-order chi connectivity index (χ1) is 8.46. The van der Waals surface area contributed by atoms with Gasteiger partial charge in [-0.2, -0.15) is 0 Å². The summed E-state index contributed by atoms with van der Waals surface area (Å²) >= 11 is 0. The topological polar surface area (TPSA) is 22.4 Å². The van der Waals surface area contributed by atoms with Gasteiger partial charge in [0.05, 0.1) is 12.9 Å². The maximum absolute atomic E-state index is 13.9. The van der Waals surface area contributed by atoms with Gasteiger partial charge in [-0.15, -0.1) is 0 Å². The third-order valence-corrected chi connectivity index (χ3v) is 2.40. The van der Waals surface area contributed by atoms with Crippen LogP contribution < -0.4 is 4.74 Å². The summed E-state index contributed by atoms with van der Waals surface area (Å²) in [5.41, 5.74) is 0.715. The highest BCUT2D eigenvalue weighted by atomic mass is 19.1. The SMILES string of the molecule is CC(C)(C)COc1ccc(-c2ccco2)cc1F. The lowest BCUT2D eigenvalue weighted by molar-refractivity contribution is 0.191. The first-order valence-electron chi connectivity index (χ1n) is 5.92. The lowest BCUT2D eigenvalue weighted by Crippen LogP contribution is -2.17. The Bertz CT molecular complexity index is 510. The fourth-order valence-corrected chi connectivity index (χ4v) is 1.51. The minimum atomic E-state index is -0.367. The summed E-state index contributed by atoms with van der Waals surface area (Å²) in [5.74, 6) is 0.560. The standard InChI is InChI=1S/C15H17FO2/c1-15(2,3)10-18-14-7-6-11(9-12(14)16)13-5-4-8-17-13/h4-9H,10H2,1-3H3. The molecule has 0 atom stereocenters. The normalized spacial score (nSPS) is 11.6. The van der Waals surface area contributed by atoms with Crippen molar-refractivity contribution in [3.05, 3.63) is 42.4 Å². The van der Waals surface area contributed by atoms with E-state index in [1.54, 1.807) is 30.5 Å². The van der Waals surface area contributed by atoms with E-state index in [2.05, 4.69) is 0 Å². The largest absolute Gasteiger partial charge is 0.490 e. The van der Waals surface area contributed by atoms with E-state index in [1.165, 1.54) is 6.07 Å². The van der Waals surface area contributed by atoms with Gasteiger partial charge in [0.25, 0.3) is 0 Å². The van der Waals surface area contributed by atoms with E-state index in [0.29, 0.717) is 17.9 Å². The van der Waals surface area contributed by atoms with Crippen LogP contribution in [0.4, 0.5) is 4.39 Å². The monoisotopic (exact) mass is 248 g/mol. The average molecular weight is 248 g/mol. The van der Waals surface area contributed by atoms with Crippen molar-refractivity contribution in [3.8, 4) is 17.1 Å². The number of hydrogen-bond acceptors (Lipinski definition) is 2. The number of halogens is 1. The van der Waals surface area contributed by atoms with Gasteiger partial charge in [0.1, 0.15) is 5.76 Å². The van der Waals surface area contributed by atoms with Crippen molar-refractivity contribution in [2.45, 2.75) is 20.8 Å². The first-order valence-corrected chi connectivity index (χ1v) is 5.92. The summed E-state index contributed by atoms with van der Waals surface area (Å²) in [5, 5.41) is 0. The molecule has 96 valence electrons. The molecule has 0 spiro atoms. The van der Waals surface area contributed by atoms with E-state index in [0.717, 1.165) is 0 Å². The molecule has 0 unspecified atom stereocenters. The molecule has 1 heterocycles. The zero-order valence-electron chi connectivity index (χ0n) is 10.9. The molecule has 2 aromatic rings. The summed E-state index contributed by atoms with van der Waals surface area (Å²) in [6.07, 6.45) is 1.57. The van der Waals surface area contributed by atoms with Crippen molar-refractivity contribution >= 4 is 0 Å². The van der Waals surface area contributed by atoms with Crippen molar-refractivity contribution in [2.75, 3.05) is 6.61 Å². The Morgan fingerprint density at radius 2 is 2.00 bits per heavy atom. The van der Waals surface area contributed by atoms with Crippen molar-refractivity contribution in [1.82, 2.24) is 0 Å². The van der Waals surface area contributed by atoms with Crippen molar-refractivity contribution in [3.63, 3.8) is 0 Å². The van der Waals surface area contributed by atoms with Gasteiger partial charge in [-0.25, -0.2) is 4.39 Å². The third-order valence-electron chi connectivity index (χ3n) is 2.40. The van der Waals surface area contributed by atoms with E-state index >= 15 is 0 Å². The maximum atomic E-state index is 13.9. The van der Waals surface area contributed by atoms with Gasteiger partial charge in [-0.05, 0) is 35.7 Å². The van der Waals surface area contributed by atoms with Crippen LogP contribution in [0, 0.1) is 11.2 Å². The maximum Gasteiger partial charge on any atom is 0.165 e. The molecule has 0 aliphatic carbocycles. The fourth-order valence-electron chi connectivity index (χ4n) is 1.51. The van der Waals surface area contributed by atoms with Crippen LogP contribution in [0.15, 0.2) is 41.0 Å². The number of furan rings is 1. The average Bonchev–Trinajstić information content (AvgIpc) is 2.79. The second-order valence-electron chi connectivity index (χ2n) is 5.47. The van der Waals surface area contributed by atoms with Crippen LogP contribution in [0.1, 0.15) is 20.8 Å². The van der Waals surface area contributed by atoms with E-state index in [-0.39, 0.29) is 17.0 Å². The molecule has 0 bridgehead atoms. The van der Waals surface area contributed by atoms with Gasteiger partial charge in [0.15, 0.2) is 11.6 Å². The smallest absolute Gasteiger partial charge is 0.165 e. The summed E-state index contributed by atoms with van der Waals surface area (Å²) in [6.45, 7) is 6.61. The molecule has 0 saturated carbocycles. The Morgan fingerprint density at radius 1 is 1.22 bits per heavy atom. The van der Waals surface area contributed by atoms with Crippen LogP contribution in [-0.2, 0) is 0 Å². The van der Waals surface area contributed by atoms with Crippen molar-refractivity contribution in [1.29, 1.82) is 0 Å².